The predicted molar refractivity (Wildman–Crippen MR) is 66.6 cm³/mol. The molecule has 98 valence electrons. The van der Waals surface area contributed by atoms with Crippen LogP contribution >= 0.6 is 0 Å². The topological polar surface area (TPSA) is 84.2 Å². The van der Waals surface area contributed by atoms with Crippen molar-refractivity contribution in [3.8, 4) is 0 Å². The number of carbonyl (C=O) groups is 1. The number of carbonyl (C=O) groups excluding carboxylic acids is 1. The average Bonchev–Trinajstić information content (AvgIpc) is 2.80. The number of amides is 1. The number of anilines is 1. The lowest BCUT2D eigenvalue weighted by Crippen LogP contribution is -2.57. The molecule has 7 nitrogen and oxygen atoms in total. The van der Waals surface area contributed by atoms with Gasteiger partial charge in [-0.05, 0) is 13.0 Å². The first-order valence-corrected chi connectivity index (χ1v) is 5.98. The monoisotopic (exact) mass is 259 g/mol. The number of hydrogen-bond donors (Lipinski definition) is 1. The van der Waals surface area contributed by atoms with Crippen LogP contribution in [0.25, 0.3) is 0 Å². The SMILES string of the molecule is Cc1cc(C(=O)N2CC(Nc3ncccn3)C2)no1. The summed E-state index contributed by atoms with van der Waals surface area (Å²) in [4.78, 5) is 21.8. The van der Waals surface area contributed by atoms with Gasteiger partial charge < -0.3 is 14.7 Å². The highest BCUT2D eigenvalue weighted by Crippen LogP contribution is 2.15. The molecule has 7 heteroatoms. The standard InChI is InChI=1S/C12H13N5O2/c1-8-5-10(16-19-8)11(18)17-6-9(7-17)15-12-13-3-2-4-14-12/h2-5,9H,6-7H2,1H3,(H,13,14,15). The summed E-state index contributed by atoms with van der Waals surface area (Å²) in [6.07, 6.45) is 3.35. The van der Waals surface area contributed by atoms with Crippen molar-refractivity contribution in [1.29, 1.82) is 0 Å². The summed E-state index contributed by atoms with van der Waals surface area (Å²) in [6, 6.07) is 3.58. The molecule has 1 fully saturated rings. The minimum Gasteiger partial charge on any atom is -0.361 e. The van der Waals surface area contributed by atoms with Crippen molar-refractivity contribution in [3.05, 3.63) is 36.0 Å². The molecule has 1 saturated heterocycles. The summed E-state index contributed by atoms with van der Waals surface area (Å²) in [6.45, 7) is 2.99. The van der Waals surface area contributed by atoms with Crippen LogP contribution in [0.4, 0.5) is 5.95 Å². The fourth-order valence-electron chi connectivity index (χ4n) is 1.92. The van der Waals surface area contributed by atoms with Crippen molar-refractivity contribution in [2.45, 2.75) is 13.0 Å². The van der Waals surface area contributed by atoms with Crippen molar-refractivity contribution < 1.29 is 9.32 Å². The molecule has 0 spiro atoms. The van der Waals surface area contributed by atoms with E-state index < -0.39 is 0 Å². The van der Waals surface area contributed by atoms with Crippen LogP contribution in [0, 0.1) is 6.92 Å². The highest BCUT2D eigenvalue weighted by Gasteiger charge is 2.32. The number of likely N-dealkylation sites (tertiary alicyclic amines) is 1. The Morgan fingerprint density at radius 3 is 2.79 bits per heavy atom. The molecule has 0 bridgehead atoms. The molecule has 1 amide bonds. The van der Waals surface area contributed by atoms with Crippen molar-refractivity contribution >= 4 is 11.9 Å². The maximum absolute atomic E-state index is 12.0. The Morgan fingerprint density at radius 1 is 1.42 bits per heavy atom. The summed E-state index contributed by atoms with van der Waals surface area (Å²) in [5.74, 6) is 1.11. The van der Waals surface area contributed by atoms with Gasteiger partial charge in [-0.15, -0.1) is 0 Å². The lowest BCUT2D eigenvalue weighted by Gasteiger charge is -2.38. The maximum Gasteiger partial charge on any atom is 0.276 e. The van der Waals surface area contributed by atoms with Crippen molar-refractivity contribution in [2.75, 3.05) is 18.4 Å². The van der Waals surface area contributed by atoms with Crippen LogP contribution in [0.2, 0.25) is 0 Å². The van der Waals surface area contributed by atoms with E-state index in [4.69, 9.17) is 4.52 Å². The van der Waals surface area contributed by atoms with Gasteiger partial charge in [0.25, 0.3) is 5.91 Å². The van der Waals surface area contributed by atoms with Gasteiger partial charge in [0.2, 0.25) is 5.95 Å². The number of aryl methyl sites for hydroxylation is 1. The van der Waals surface area contributed by atoms with E-state index in [0.717, 1.165) is 0 Å². The van der Waals surface area contributed by atoms with Crippen LogP contribution in [-0.4, -0.2) is 45.1 Å². The van der Waals surface area contributed by atoms with E-state index >= 15 is 0 Å². The van der Waals surface area contributed by atoms with Crippen LogP contribution in [0.5, 0.6) is 0 Å². The third kappa shape index (κ3) is 2.40. The molecule has 0 aliphatic carbocycles. The Kier molecular flexibility index (Phi) is 2.86. The Bertz CT molecular complexity index is 577. The molecule has 0 radical (unpaired) electrons. The zero-order valence-electron chi connectivity index (χ0n) is 10.4. The Balaban J connectivity index is 1.54. The minimum absolute atomic E-state index is 0.108. The molecule has 1 aliphatic heterocycles. The molecule has 0 unspecified atom stereocenters. The second-order valence-corrected chi connectivity index (χ2v) is 4.45. The van der Waals surface area contributed by atoms with Crippen LogP contribution in [0.15, 0.2) is 29.0 Å². The van der Waals surface area contributed by atoms with Crippen molar-refractivity contribution in [1.82, 2.24) is 20.0 Å². The van der Waals surface area contributed by atoms with Gasteiger partial charge in [0.05, 0.1) is 6.04 Å². The number of rotatable bonds is 3. The zero-order chi connectivity index (χ0) is 13.2. The summed E-state index contributed by atoms with van der Waals surface area (Å²) < 4.78 is 4.89. The van der Waals surface area contributed by atoms with Crippen molar-refractivity contribution in [3.63, 3.8) is 0 Å². The van der Waals surface area contributed by atoms with E-state index in [-0.39, 0.29) is 11.9 Å². The van der Waals surface area contributed by atoms with Crippen LogP contribution < -0.4 is 5.32 Å². The molecule has 2 aromatic rings. The van der Waals surface area contributed by atoms with Gasteiger partial charge in [0.15, 0.2) is 5.69 Å². The fourth-order valence-corrected chi connectivity index (χ4v) is 1.92. The van der Waals surface area contributed by atoms with Crippen LogP contribution in [0.1, 0.15) is 16.2 Å². The van der Waals surface area contributed by atoms with E-state index in [9.17, 15) is 4.79 Å². The first kappa shape index (κ1) is 11.6. The Hall–Kier alpha value is -2.44. The summed E-state index contributed by atoms with van der Waals surface area (Å²) in [5.41, 5.74) is 0.354. The number of nitrogens with one attached hydrogen (secondary N) is 1. The average molecular weight is 259 g/mol. The Labute approximate surface area is 109 Å². The van der Waals surface area contributed by atoms with Gasteiger partial charge in [0.1, 0.15) is 5.76 Å². The molecule has 0 atom stereocenters. The molecule has 0 aromatic carbocycles. The largest absolute Gasteiger partial charge is 0.361 e. The first-order chi connectivity index (χ1) is 9.22. The number of hydrogen-bond acceptors (Lipinski definition) is 6. The van der Waals surface area contributed by atoms with Gasteiger partial charge in [-0.25, -0.2) is 9.97 Å². The lowest BCUT2D eigenvalue weighted by molar-refractivity contribution is 0.0614. The molecule has 1 N–H and O–H groups in total. The number of aromatic nitrogens is 3. The third-order valence-corrected chi connectivity index (χ3v) is 2.91. The second kappa shape index (κ2) is 4.68. The van der Waals surface area contributed by atoms with Gasteiger partial charge in [-0.2, -0.15) is 0 Å². The molecular weight excluding hydrogens is 246 g/mol. The molecule has 2 aromatic heterocycles. The predicted octanol–water partition coefficient (Wildman–Crippen LogP) is 0.710. The molecular formula is C12H13N5O2. The first-order valence-electron chi connectivity index (χ1n) is 5.98. The molecule has 19 heavy (non-hydrogen) atoms. The lowest BCUT2D eigenvalue weighted by atomic mass is 10.1. The Morgan fingerprint density at radius 2 is 2.16 bits per heavy atom. The van der Waals surface area contributed by atoms with E-state index in [0.29, 0.717) is 30.5 Å². The van der Waals surface area contributed by atoms with E-state index in [1.54, 1.807) is 36.4 Å². The third-order valence-electron chi connectivity index (χ3n) is 2.91. The molecule has 0 saturated carbocycles. The van der Waals surface area contributed by atoms with Crippen molar-refractivity contribution in [2.24, 2.45) is 0 Å². The fraction of sp³-hybridized carbons (Fsp3) is 0.333. The van der Waals surface area contributed by atoms with Gasteiger partial charge in [-0.3, -0.25) is 4.79 Å². The second-order valence-electron chi connectivity index (χ2n) is 4.45. The van der Waals surface area contributed by atoms with Crippen LogP contribution in [-0.2, 0) is 0 Å². The zero-order valence-corrected chi connectivity index (χ0v) is 10.4. The summed E-state index contributed by atoms with van der Waals surface area (Å²) >= 11 is 0. The highest BCUT2D eigenvalue weighted by molar-refractivity contribution is 5.93. The van der Waals surface area contributed by atoms with Gasteiger partial charge >= 0.3 is 0 Å². The minimum atomic E-state index is -0.108. The van der Waals surface area contributed by atoms with Crippen LogP contribution in [0.3, 0.4) is 0 Å². The van der Waals surface area contributed by atoms with E-state index in [2.05, 4.69) is 20.4 Å². The normalized spacial score (nSPS) is 15.1. The molecule has 1 aliphatic rings. The maximum atomic E-state index is 12.0. The number of nitrogens with zero attached hydrogens (tertiary/aromatic N) is 4. The molecule has 3 rings (SSSR count). The molecule has 3 heterocycles. The quantitative estimate of drug-likeness (QED) is 0.873. The summed E-state index contributed by atoms with van der Waals surface area (Å²) in [5, 5.41) is 6.88. The summed E-state index contributed by atoms with van der Waals surface area (Å²) in [7, 11) is 0. The highest BCUT2D eigenvalue weighted by atomic mass is 16.5. The van der Waals surface area contributed by atoms with Gasteiger partial charge in [0, 0.05) is 31.5 Å². The van der Waals surface area contributed by atoms with Gasteiger partial charge in [-0.1, -0.05) is 5.16 Å². The smallest absolute Gasteiger partial charge is 0.276 e. The van der Waals surface area contributed by atoms with E-state index in [1.807, 2.05) is 0 Å². The van der Waals surface area contributed by atoms with E-state index in [1.165, 1.54) is 0 Å².